The number of carboxylic acid groups (broad SMARTS) is 1. The van der Waals surface area contributed by atoms with Crippen molar-refractivity contribution in [3.05, 3.63) is 51.4 Å². The number of fused-ring (bicyclic) bond motifs is 1. The lowest BCUT2D eigenvalue weighted by Gasteiger charge is -2.21. The summed E-state index contributed by atoms with van der Waals surface area (Å²) in [6.45, 7) is 4.63. The first-order chi connectivity index (χ1) is 14.9. The Labute approximate surface area is 187 Å². The van der Waals surface area contributed by atoms with Crippen molar-refractivity contribution in [3.8, 4) is 0 Å². The molecule has 0 unspecified atom stereocenters. The van der Waals surface area contributed by atoms with E-state index >= 15 is 0 Å². The van der Waals surface area contributed by atoms with E-state index in [1.165, 1.54) is 21.8 Å². The molecule has 0 radical (unpaired) electrons. The van der Waals surface area contributed by atoms with Gasteiger partial charge in [0.25, 0.3) is 5.91 Å². The Balaban J connectivity index is 1.76. The first kappa shape index (κ1) is 23.0. The van der Waals surface area contributed by atoms with E-state index < -0.39 is 5.97 Å². The molecule has 7 heteroatoms. The second-order valence-corrected chi connectivity index (χ2v) is 9.29. The van der Waals surface area contributed by atoms with Crippen molar-refractivity contribution in [2.45, 2.75) is 65.3 Å². The summed E-state index contributed by atoms with van der Waals surface area (Å²) in [5.74, 6) is -0.733. The third-order valence-corrected chi connectivity index (χ3v) is 6.96. The number of hydrogen-bond acceptors (Lipinski definition) is 4. The number of aryl methyl sites for hydroxylation is 1. The van der Waals surface area contributed by atoms with Gasteiger partial charge in [0.05, 0.1) is 5.56 Å². The lowest BCUT2D eigenvalue weighted by atomic mass is 9.85. The SMILES string of the molecule is CC[C@@H]1CCc2c(sc(NC(=O)CCCC(=O)O)c2C(=O)NCc2ccc(C)cc2)C1. The standard InChI is InChI=1S/C24H30N2O4S/c1-3-16-11-12-18-19(13-16)31-24(26-20(27)5-4-6-21(28)29)22(18)23(30)25-14-17-9-7-15(2)8-10-17/h7-10,16H,3-6,11-14H2,1-2H3,(H,25,30)(H,26,27)(H,28,29)/t16-/m1/s1. The van der Waals surface area contributed by atoms with Crippen LogP contribution in [0.2, 0.25) is 0 Å². The van der Waals surface area contributed by atoms with Gasteiger partial charge in [-0.05, 0) is 49.7 Å². The Hall–Kier alpha value is -2.67. The van der Waals surface area contributed by atoms with Crippen LogP contribution >= 0.6 is 11.3 Å². The molecule has 1 aromatic heterocycles. The van der Waals surface area contributed by atoms with Crippen LogP contribution in [-0.2, 0) is 29.0 Å². The molecular weight excluding hydrogens is 412 g/mol. The van der Waals surface area contributed by atoms with Crippen LogP contribution in [0.4, 0.5) is 5.00 Å². The van der Waals surface area contributed by atoms with Crippen LogP contribution in [0.15, 0.2) is 24.3 Å². The number of aliphatic carboxylic acids is 1. The molecular formula is C24H30N2O4S. The second kappa shape index (κ2) is 10.6. The van der Waals surface area contributed by atoms with Gasteiger partial charge in [0.2, 0.25) is 5.91 Å². The minimum Gasteiger partial charge on any atom is -0.481 e. The summed E-state index contributed by atoms with van der Waals surface area (Å²) in [4.78, 5) is 37.4. The van der Waals surface area contributed by atoms with E-state index in [4.69, 9.17) is 5.11 Å². The van der Waals surface area contributed by atoms with Crippen molar-refractivity contribution in [2.75, 3.05) is 5.32 Å². The van der Waals surface area contributed by atoms with Crippen LogP contribution in [-0.4, -0.2) is 22.9 Å². The number of carbonyl (C=O) groups excluding carboxylic acids is 2. The normalized spacial score (nSPS) is 15.2. The van der Waals surface area contributed by atoms with Crippen LogP contribution in [0.25, 0.3) is 0 Å². The molecule has 31 heavy (non-hydrogen) atoms. The van der Waals surface area contributed by atoms with Crippen molar-refractivity contribution in [3.63, 3.8) is 0 Å². The number of benzene rings is 1. The fourth-order valence-corrected chi connectivity index (χ4v) is 5.27. The molecule has 1 aliphatic rings. The number of amides is 2. The van der Waals surface area contributed by atoms with Crippen LogP contribution in [0.1, 0.15) is 71.0 Å². The predicted molar refractivity (Wildman–Crippen MR) is 123 cm³/mol. The lowest BCUT2D eigenvalue weighted by molar-refractivity contribution is -0.137. The first-order valence-electron chi connectivity index (χ1n) is 10.9. The van der Waals surface area contributed by atoms with Gasteiger partial charge in [0.1, 0.15) is 5.00 Å². The molecule has 0 spiro atoms. The van der Waals surface area contributed by atoms with Gasteiger partial charge in [-0.1, -0.05) is 43.2 Å². The number of hydrogen-bond donors (Lipinski definition) is 3. The molecule has 1 aromatic carbocycles. The summed E-state index contributed by atoms with van der Waals surface area (Å²) in [6.07, 6.45) is 4.27. The maximum absolute atomic E-state index is 13.1. The average molecular weight is 443 g/mol. The molecule has 166 valence electrons. The molecule has 1 atom stereocenters. The van der Waals surface area contributed by atoms with Gasteiger partial charge in [0, 0.05) is 24.3 Å². The van der Waals surface area contributed by atoms with E-state index in [2.05, 4.69) is 17.6 Å². The Morgan fingerprint density at radius 1 is 1.16 bits per heavy atom. The highest BCUT2D eigenvalue weighted by molar-refractivity contribution is 7.17. The van der Waals surface area contributed by atoms with Crippen molar-refractivity contribution in [2.24, 2.45) is 5.92 Å². The van der Waals surface area contributed by atoms with Gasteiger partial charge in [0.15, 0.2) is 0 Å². The number of anilines is 1. The number of carboxylic acids is 1. The van der Waals surface area contributed by atoms with E-state index in [1.807, 2.05) is 31.2 Å². The molecule has 0 aliphatic heterocycles. The smallest absolute Gasteiger partial charge is 0.303 e. The summed E-state index contributed by atoms with van der Waals surface area (Å²) in [7, 11) is 0. The fourth-order valence-electron chi connectivity index (χ4n) is 3.90. The minimum atomic E-state index is -0.916. The van der Waals surface area contributed by atoms with Crippen LogP contribution in [0, 0.1) is 12.8 Å². The van der Waals surface area contributed by atoms with Crippen LogP contribution in [0.3, 0.4) is 0 Å². The van der Waals surface area contributed by atoms with Gasteiger partial charge in [-0.2, -0.15) is 0 Å². The highest BCUT2D eigenvalue weighted by Gasteiger charge is 2.29. The zero-order valence-corrected chi connectivity index (χ0v) is 18.9. The Kier molecular flexibility index (Phi) is 7.85. The minimum absolute atomic E-state index is 0.0452. The summed E-state index contributed by atoms with van der Waals surface area (Å²) in [6, 6.07) is 8.02. The summed E-state index contributed by atoms with van der Waals surface area (Å²) < 4.78 is 0. The van der Waals surface area contributed by atoms with Gasteiger partial charge in [-0.15, -0.1) is 11.3 Å². The van der Waals surface area contributed by atoms with Crippen molar-refractivity contribution < 1.29 is 19.5 Å². The molecule has 2 amide bonds. The monoisotopic (exact) mass is 442 g/mol. The molecule has 2 aromatic rings. The molecule has 0 fully saturated rings. The zero-order valence-electron chi connectivity index (χ0n) is 18.1. The summed E-state index contributed by atoms with van der Waals surface area (Å²) in [5, 5.41) is 15.3. The number of thiophene rings is 1. The lowest BCUT2D eigenvalue weighted by Crippen LogP contribution is -2.26. The van der Waals surface area contributed by atoms with Crippen molar-refractivity contribution >= 4 is 34.1 Å². The van der Waals surface area contributed by atoms with Crippen LogP contribution in [0.5, 0.6) is 0 Å². The van der Waals surface area contributed by atoms with Gasteiger partial charge in [-0.3, -0.25) is 14.4 Å². The Morgan fingerprint density at radius 3 is 2.58 bits per heavy atom. The van der Waals surface area contributed by atoms with Gasteiger partial charge in [-0.25, -0.2) is 0 Å². The molecule has 0 saturated carbocycles. The highest BCUT2D eigenvalue weighted by atomic mass is 32.1. The predicted octanol–water partition coefficient (Wildman–Crippen LogP) is 4.69. The highest BCUT2D eigenvalue weighted by Crippen LogP contribution is 2.40. The van der Waals surface area contributed by atoms with E-state index in [0.717, 1.165) is 36.8 Å². The fraction of sp³-hybridized carbons (Fsp3) is 0.458. The third kappa shape index (κ3) is 6.17. The zero-order chi connectivity index (χ0) is 22.4. The van der Waals surface area contributed by atoms with E-state index in [1.54, 1.807) is 0 Å². The molecule has 3 rings (SSSR count). The van der Waals surface area contributed by atoms with Gasteiger partial charge < -0.3 is 15.7 Å². The molecule has 3 N–H and O–H groups in total. The molecule has 0 saturated heterocycles. The number of nitrogens with one attached hydrogen (secondary N) is 2. The largest absolute Gasteiger partial charge is 0.481 e. The second-order valence-electron chi connectivity index (χ2n) is 8.19. The Bertz CT molecular complexity index is 949. The topological polar surface area (TPSA) is 95.5 Å². The molecule has 0 bridgehead atoms. The third-order valence-electron chi connectivity index (χ3n) is 5.79. The van der Waals surface area contributed by atoms with Crippen molar-refractivity contribution in [1.82, 2.24) is 5.32 Å². The summed E-state index contributed by atoms with van der Waals surface area (Å²) >= 11 is 1.49. The number of rotatable bonds is 9. The Morgan fingerprint density at radius 2 is 1.90 bits per heavy atom. The quantitative estimate of drug-likeness (QED) is 0.525. The van der Waals surface area contributed by atoms with Crippen LogP contribution < -0.4 is 10.6 Å². The van der Waals surface area contributed by atoms with E-state index in [0.29, 0.717) is 23.0 Å². The average Bonchev–Trinajstić information content (AvgIpc) is 3.09. The van der Waals surface area contributed by atoms with Crippen molar-refractivity contribution in [1.29, 1.82) is 0 Å². The molecule has 1 aliphatic carbocycles. The number of carbonyl (C=O) groups is 3. The maximum Gasteiger partial charge on any atom is 0.303 e. The maximum atomic E-state index is 13.1. The van der Waals surface area contributed by atoms with E-state index in [-0.39, 0.29) is 31.1 Å². The van der Waals surface area contributed by atoms with E-state index in [9.17, 15) is 14.4 Å². The first-order valence-corrected chi connectivity index (χ1v) is 11.7. The summed E-state index contributed by atoms with van der Waals surface area (Å²) in [5.41, 5.74) is 3.82. The molecule has 1 heterocycles. The molecule has 6 nitrogen and oxygen atoms in total. The van der Waals surface area contributed by atoms with Gasteiger partial charge >= 0.3 is 5.97 Å².